The maximum absolute atomic E-state index is 14.6. The smallest absolute Gasteiger partial charge is 0.336 e. The van der Waals surface area contributed by atoms with Crippen LogP contribution >= 0.6 is 0 Å². The van der Waals surface area contributed by atoms with Crippen LogP contribution in [0, 0.1) is 5.41 Å². The Bertz CT molecular complexity index is 2070. The van der Waals surface area contributed by atoms with Gasteiger partial charge in [-0.1, -0.05) is 30.3 Å². The summed E-state index contributed by atoms with van der Waals surface area (Å²) in [4.78, 5) is 20.6. The van der Waals surface area contributed by atoms with Gasteiger partial charge in [0.2, 0.25) is 10.0 Å². The molecule has 3 heterocycles. The van der Waals surface area contributed by atoms with Crippen LogP contribution in [0.5, 0.6) is 0 Å². The SMILES string of the molecule is N=c1ccc2c(-c3ccccc3C(=O)O)c3ccc(N)c(S(=O)(=O)N(Cc4ccccn4)Cc4ccccn4)c3oc-2c1. The fourth-order valence-electron chi connectivity index (χ4n) is 5.09. The van der Waals surface area contributed by atoms with Crippen molar-refractivity contribution in [2.24, 2.45) is 0 Å². The van der Waals surface area contributed by atoms with E-state index in [1.807, 2.05) is 0 Å². The quantitative estimate of drug-likeness (QED) is 0.162. The van der Waals surface area contributed by atoms with Gasteiger partial charge in [-0.3, -0.25) is 9.97 Å². The van der Waals surface area contributed by atoms with Gasteiger partial charge < -0.3 is 20.7 Å². The fraction of sp³-hybridized carbons (Fsp3) is 0.0625. The maximum Gasteiger partial charge on any atom is 0.336 e. The topological polar surface area (TPSA) is 163 Å². The summed E-state index contributed by atoms with van der Waals surface area (Å²) in [6.45, 7) is -0.149. The minimum atomic E-state index is -4.39. The Labute approximate surface area is 246 Å². The Balaban J connectivity index is 1.65. The number of nitrogens with zero attached hydrogens (tertiary/aromatic N) is 3. The second-order valence-electron chi connectivity index (χ2n) is 9.81. The van der Waals surface area contributed by atoms with Crippen LogP contribution in [0.3, 0.4) is 0 Å². The number of nitrogen functional groups attached to an aromatic ring is 1. The third kappa shape index (κ3) is 5.23. The molecule has 11 heteroatoms. The summed E-state index contributed by atoms with van der Waals surface area (Å²) in [5.74, 6) is -0.937. The van der Waals surface area contributed by atoms with Gasteiger partial charge in [0.15, 0.2) is 5.58 Å². The van der Waals surface area contributed by atoms with Crippen LogP contribution in [-0.4, -0.2) is 33.8 Å². The van der Waals surface area contributed by atoms with Crippen molar-refractivity contribution < 1.29 is 22.7 Å². The number of aromatic nitrogens is 2. The molecule has 2 aromatic carbocycles. The molecule has 2 aromatic heterocycles. The highest BCUT2D eigenvalue weighted by Gasteiger charge is 2.33. The van der Waals surface area contributed by atoms with Crippen LogP contribution < -0.4 is 11.1 Å². The number of carboxylic acid groups (broad SMARTS) is 1. The number of rotatable bonds is 8. The number of hydrogen-bond acceptors (Lipinski definition) is 8. The zero-order chi connectivity index (χ0) is 30.1. The number of anilines is 1. The molecule has 4 aromatic rings. The lowest BCUT2D eigenvalue weighted by Gasteiger charge is -2.24. The molecule has 0 bridgehead atoms. The van der Waals surface area contributed by atoms with E-state index in [2.05, 4.69) is 9.97 Å². The second-order valence-corrected chi connectivity index (χ2v) is 11.7. The van der Waals surface area contributed by atoms with E-state index < -0.39 is 16.0 Å². The summed E-state index contributed by atoms with van der Waals surface area (Å²) in [7, 11) is -4.39. The molecule has 0 radical (unpaired) electrons. The highest BCUT2D eigenvalue weighted by molar-refractivity contribution is 7.89. The molecule has 0 saturated heterocycles. The van der Waals surface area contributed by atoms with Crippen molar-refractivity contribution in [3.8, 4) is 22.5 Å². The molecule has 2 aliphatic rings. The fourth-order valence-corrected chi connectivity index (χ4v) is 6.70. The minimum Gasteiger partial charge on any atom is -0.478 e. The van der Waals surface area contributed by atoms with E-state index in [-0.39, 0.29) is 45.9 Å². The van der Waals surface area contributed by atoms with E-state index in [9.17, 15) is 18.3 Å². The third-order valence-corrected chi connectivity index (χ3v) is 8.90. The first-order chi connectivity index (χ1) is 20.7. The Morgan fingerprint density at radius 3 is 2.14 bits per heavy atom. The average molecular weight is 592 g/mol. The van der Waals surface area contributed by atoms with E-state index in [0.29, 0.717) is 33.5 Å². The van der Waals surface area contributed by atoms with E-state index >= 15 is 0 Å². The predicted molar refractivity (Wildman–Crippen MR) is 160 cm³/mol. The summed E-state index contributed by atoms with van der Waals surface area (Å²) < 4.78 is 36.7. The van der Waals surface area contributed by atoms with Gasteiger partial charge in [0, 0.05) is 35.0 Å². The lowest BCUT2D eigenvalue weighted by Crippen LogP contribution is -2.31. The largest absolute Gasteiger partial charge is 0.478 e. The average Bonchev–Trinajstić information content (AvgIpc) is 3.00. The Hall–Kier alpha value is -5.39. The first-order valence-electron chi connectivity index (χ1n) is 13.2. The van der Waals surface area contributed by atoms with Crippen molar-refractivity contribution in [1.82, 2.24) is 14.3 Å². The molecule has 0 saturated carbocycles. The van der Waals surface area contributed by atoms with Crippen molar-refractivity contribution in [3.05, 3.63) is 126 Å². The number of nitrogens with one attached hydrogen (secondary N) is 1. The number of benzene rings is 3. The van der Waals surface area contributed by atoms with Crippen molar-refractivity contribution in [2.45, 2.75) is 18.0 Å². The van der Waals surface area contributed by atoms with E-state index in [1.165, 1.54) is 22.5 Å². The van der Waals surface area contributed by atoms with Gasteiger partial charge in [0.25, 0.3) is 0 Å². The van der Waals surface area contributed by atoms with Crippen LogP contribution in [0.1, 0.15) is 21.7 Å². The van der Waals surface area contributed by atoms with Crippen molar-refractivity contribution in [2.75, 3.05) is 5.73 Å². The molecule has 4 N–H and O–H groups in total. The van der Waals surface area contributed by atoms with Crippen molar-refractivity contribution >= 4 is 32.6 Å². The Morgan fingerprint density at radius 1 is 0.860 bits per heavy atom. The van der Waals surface area contributed by atoms with Crippen LogP contribution in [0.4, 0.5) is 5.69 Å². The Morgan fingerprint density at radius 2 is 1.51 bits per heavy atom. The molecule has 0 amide bonds. The van der Waals surface area contributed by atoms with Gasteiger partial charge in [0.1, 0.15) is 10.7 Å². The molecule has 43 heavy (non-hydrogen) atoms. The lowest BCUT2D eigenvalue weighted by atomic mass is 9.90. The zero-order valence-corrected chi connectivity index (χ0v) is 23.5. The van der Waals surface area contributed by atoms with Crippen LogP contribution in [0.15, 0.2) is 113 Å². The van der Waals surface area contributed by atoms with Gasteiger partial charge in [-0.15, -0.1) is 0 Å². The summed E-state index contributed by atoms with van der Waals surface area (Å²) in [5.41, 5.74) is 8.69. The van der Waals surface area contributed by atoms with Crippen LogP contribution in [0.2, 0.25) is 0 Å². The standard InChI is InChI=1S/C32H25N5O5S/c33-20-11-12-25-28(17-20)42-30-26(29(25)23-9-1-2-10-24(23)32(38)39)13-14-27(34)31(30)43(40,41)37(18-21-7-3-5-15-35-21)19-22-8-4-6-16-36-22/h1-17,33H,18-19,34H2,(H,38,39). The van der Waals surface area contributed by atoms with E-state index in [1.54, 1.807) is 85.2 Å². The highest BCUT2D eigenvalue weighted by Crippen LogP contribution is 2.44. The lowest BCUT2D eigenvalue weighted by molar-refractivity contribution is 0.0697. The molecule has 0 spiro atoms. The van der Waals surface area contributed by atoms with Gasteiger partial charge >= 0.3 is 5.97 Å². The molecule has 0 unspecified atom stereocenters. The van der Waals surface area contributed by atoms with Crippen LogP contribution in [0.25, 0.3) is 33.4 Å². The molecule has 10 nitrogen and oxygen atoms in total. The first kappa shape index (κ1) is 27.8. The molecule has 6 rings (SSSR count). The van der Waals surface area contributed by atoms with Crippen molar-refractivity contribution in [1.29, 1.82) is 5.41 Å². The molecular weight excluding hydrogens is 566 g/mol. The summed E-state index contributed by atoms with van der Waals surface area (Å²) in [5, 5.41) is 18.7. The van der Waals surface area contributed by atoms with Gasteiger partial charge in [0.05, 0.1) is 41.1 Å². The van der Waals surface area contributed by atoms with E-state index in [4.69, 9.17) is 15.6 Å². The number of carboxylic acids is 1. The highest BCUT2D eigenvalue weighted by atomic mass is 32.2. The second kappa shape index (κ2) is 11.1. The predicted octanol–water partition coefficient (Wildman–Crippen LogP) is 5.15. The summed E-state index contributed by atoms with van der Waals surface area (Å²) in [6.07, 6.45) is 3.17. The van der Waals surface area contributed by atoms with E-state index in [0.717, 1.165) is 0 Å². The maximum atomic E-state index is 14.6. The number of pyridine rings is 2. The molecule has 214 valence electrons. The van der Waals surface area contributed by atoms with Crippen LogP contribution in [-0.2, 0) is 23.1 Å². The molecule has 0 fully saturated rings. The third-order valence-electron chi connectivity index (χ3n) is 7.03. The molecular formula is C32H25N5O5S. The number of hydrogen-bond donors (Lipinski definition) is 3. The zero-order valence-electron chi connectivity index (χ0n) is 22.6. The van der Waals surface area contributed by atoms with Crippen molar-refractivity contribution in [3.63, 3.8) is 0 Å². The molecule has 1 aliphatic heterocycles. The minimum absolute atomic E-state index is 0.0272. The Kier molecular flexibility index (Phi) is 7.18. The van der Waals surface area contributed by atoms with Gasteiger partial charge in [-0.2, -0.15) is 4.31 Å². The van der Waals surface area contributed by atoms with Gasteiger partial charge in [-0.05, 0) is 60.2 Å². The molecule has 0 atom stereocenters. The van der Waals surface area contributed by atoms with Gasteiger partial charge in [-0.25, -0.2) is 13.2 Å². The normalized spacial score (nSPS) is 11.7. The monoisotopic (exact) mass is 591 g/mol. The summed E-state index contributed by atoms with van der Waals surface area (Å²) in [6, 6.07) is 24.7. The number of sulfonamides is 1. The first-order valence-corrected chi connectivity index (χ1v) is 14.6. The summed E-state index contributed by atoms with van der Waals surface area (Å²) >= 11 is 0. The number of aromatic carboxylic acids is 1. The molecule has 1 aliphatic carbocycles. The number of fused-ring (bicyclic) bond motifs is 2. The number of nitrogens with two attached hydrogens (primary N) is 1. The number of carbonyl (C=O) groups is 1.